The number of carbonyl (C=O) groups excluding carboxylic acids is 1. The van der Waals surface area contributed by atoms with E-state index >= 15 is 0 Å². The van der Waals surface area contributed by atoms with Crippen LogP contribution in [0.3, 0.4) is 0 Å². The molecular formula is C15H17N3O2S. The number of nitrogens with zero attached hydrogens (tertiary/aromatic N) is 2. The van der Waals surface area contributed by atoms with E-state index in [1.54, 1.807) is 4.90 Å². The van der Waals surface area contributed by atoms with Gasteiger partial charge in [0.2, 0.25) is 5.91 Å². The molecule has 3 rings (SSSR count). The van der Waals surface area contributed by atoms with Crippen molar-refractivity contribution < 1.29 is 9.90 Å². The molecule has 3 N–H and O–H groups in total. The van der Waals surface area contributed by atoms with E-state index in [1.165, 1.54) is 11.3 Å². The van der Waals surface area contributed by atoms with Gasteiger partial charge in [0, 0.05) is 18.3 Å². The third-order valence-electron chi connectivity index (χ3n) is 3.69. The number of amides is 1. The lowest BCUT2D eigenvalue weighted by molar-refractivity contribution is -0.134. The van der Waals surface area contributed by atoms with E-state index in [2.05, 4.69) is 4.98 Å². The van der Waals surface area contributed by atoms with Crippen LogP contribution in [0, 0.1) is 0 Å². The molecule has 2 heterocycles. The highest BCUT2D eigenvalue weighted by Crippen LogP contribution is 2.26. The summed E-state index contributed by atoms with van der Waals surface area (Å²) in [7, 11) is 0. The number of hydrogen-bond acceptors (Lipinski definition) is 5. The SMILES string of the molecule is Nc1nc(CCC(=O)N2Cc3ccccc3[C@H](O)C2)cs1. The van der Waals surface area contributed by atoms with Crippen LogP contribution in [0.25, 0.3) is 0 Å². The van der Waals surface area contributed by atoms with Gasteiger partial charge in [-0.2, -0.15) is 0 Å². The normalized spacial score (nSPS) is 17.6. The fourth-order valence-electron chi connectivity index (χ4n) is 2.60. The number of β-amino-alcohol motifs (C(OH)–C–C–N with tert-alkyl or cyclic N) is 1. The molecule has 0 bridgehead atoms. The third kappa shape index (κ3) is 3.06. The van der Waals surface area contributed by atoms with Crippen LogP contribution in [0.15, 0.2) is 29.6 Å². The molecule has 0 fully saturated rings. The summed E-state index contributed by atoms with van der Waals surface area (Å²) in [6.07, 6.45) is 0.368. The van der Waals surface area contributed by atoms with Gasteiger partial charge in [-0.3, -0.25) is 4.79 Å². The van der Waals surface area contributed by atoms with Gasteiger partial charge in [-0.05, 0) is 17.5 Å². The number of thiazole rings is 1. The minimum Gasteiger partial charge on any atom is -0.387 e. The number of aromatic nitrogens is 1. The molecule has 0 spiro atoms. The van der Waals surface area contributed by atoms with Gasteiger partial charge in [-0.1, -0.05) is 24.3 Å². The van der Waals surface area contributed by atoms with Crippen molar-refractivity contribution >= 4 is 22.4 Å². The lowest BCUT2D eigenvalue weighted by Crippen LogP contribution is -2.38. The number of nitrogens with two attached hydrogens (primary N) is 1. The van der Waals surface area contributed by atoms with Gasteiger partial charge in [0.25, 0.3) is 0 Å². The van der Waals surface area contributed by atoms with E-state index in [1.807, 2.05) is 29.6 Å². The van der Waals surface area contributed by atoms with Crippen LogP contribution in [0.4, 0.5) is 5.13 Å². The first-order chi connectivity index (χ1) is 10.1. The Balaban J connectivity index is 1.64. The van der Waals surface area contributed by atoms with Crippen molar-refractivity contribution in [2.75, 3.05) is 12.3 Å². The first-order valence-electron chi connectivity index (χ1n) is 6.87. The summed E-state index contributed by atoms with van der Waals surface area (Å²) in [5, 5.41) is 12.6. The molecule has 6 heteroatoms. The van der Waals surface area contributed by atoms with Crippen molar-refractivity contribution in [1.29, 1.82) is 0 Å². The maximum atomic E-state index is 12.3. The van der Waals surface area contributed by atoms with Gasteiger partial charge < -0.3 is 15.7 Å². The average molecular weight is 303 g/mol. The molecule has 1 amide bonds. The van der Waals surface area contributed by atoms with Gasteiger partial charge >= 0.3 is 0 Å². The van der Waals surface area contributed by atoms with E-state index in [0.29, 0.717) is 31.1 Å². The lowest BCUT2D eigenvalue weighted by Gasteiger charge is -2.32. The molecular weight excluding hydrogens is 286 g/mol. The Morgan fingerprint density at radius 1 is 1.48 bits per heavy atom. The zero-order valence-electron chi connectivity index (χ0n) is 11.5. The van der Waals surface area contributed by atoms with Crippen molar-refractivity contribution in [1.82, 2.24) is 9.88 Å². The minimum absolute atomic E-state index is 0.0372. The second-order valence-electron chi connectivity index (χ2n) is 5.17. The fraction of sp³-hybridized carbons (Fsp3) is 0.333. The predicted octanol–water partition coefficient (Wildman–Crippen LogP) is 1.73. The summed E-state index contributed by atoms with van der Waals surface area (Å²) in [6.45, 7) is 0.917. The number of aryl methyl sites for hydroxylation is 1. The first-order valence-corrected chi connectivity index (χ1v) is 7.75. The molecule has 0 saturated heterocycles. The second kappa shape index (κ2) is 5.83. The summed E-state index contributed by atoms with van der Waals surface area (Å²) in [5.41, 5.74) is 8.37. The van der Waals surface area contributed by atoms with Gasteiger partial charge in [0.15, 0.2) is 5.13 Å². The summed E-state index contributed by atoms with van der Waals surface area (Å²) < 4.78 is 0. The van der Waals surface area contributed by atoms with Crippen LogP contribution in [0.5, 0.6) is 0 Å². The zero-order chi connectivity index (χ0) is 14.8. The van der Waals surface area contributed by atoms with Crippen molar-refractivity contribution in [3.05, 3.63) is 46.5 Å². The van der Waals surface area contributed by atoms with Crippen LogP contribution in [-0.2, 0) is 17.8 Å². The highest BCUT2D eigenvalue weighted by molar-refractivity contribution is 7.13. The minimum atomic E-state index is -0.603. The Kier molecular flexibility index (Phi) is 3.90. The molecule has 0 radical (unpaired) electrons. The maximum Gasteiger partial charge on any atom is 0.223 e. The molecule has 1 aromatic heterocycles. The number of benzene rings is 1. The molecule has 2 aromatic rings. The second-order valence-corrected chi connectivity index (χ2v) is 6.06. The van der Waals surface area contributed by atoms with Crippen LogP contribution in [0.1, 0.15) is 29.3 Å². The summed E-state index contributed by atoms with van der Waals surface area (Å²) >= 11 is 1.38. The molecule has 1 aliphatic rings. The number of nitrogen functional groups attached to an aromatic ring is 1. The van der Waals surface area contributed by atoms with Gasteiger partial charge in [-0.15, -0.1) is 11.3 Å². The summed E-state index contributed by atoms with van der Waals surface area (Å²) in [4.78, 5) is 18.2. The van der Waals surface area contributed by atoms with Crippen LogP contribution in [-0.4, -0.2) is 27.4 Å². The number of fused-ring (bicyclic) bond motifs is 1. The Morgan fingerprint density at radius 2 is 2.29 bits per heavy atom. The number of carbonyl (C=O) groups is 1. The molecule has 110 valence electrons. The summed E-state index contributed by atoms with van der Waals surface area (Å²) in [6, 6.07) is 7.71. The molecule has 21 heavy (non-hydrogen) atoms. The highest BCUT2D eigenvalue weighted by Gasteiger charge is 2.26. The molecule has 5 nitrogen and oxygen atoms in total. The van der Waals surface area contributed by atoms with E-state index in [9.17, 15) is 9.90 Å². The highest BCUT2D eigenvalue weighted by atomic mass is 32.1. The van der Waals surface area contributed by atoms with E-state index < -0.39 is 6.10 Å². The molecule has 1 aromatic carbocycles. The predicted molar refractivity (Wildman–Crippen MR) is 81.7 cm³/mol. The number of anilines is 1. The average Bonchev–Trinajstić information content (AvgIpc) is 2.90. The van der Waals surface area contributed by atoms with Gasteiger partial charge in [0.1, 0.15) is 0 Å². The molecule has 1 atom stereocenters. The monoisotopic (exact) mass is 303 g/mol. The molecule has 0 unspecified atom stereocenters. The van der Waals surface area contributed by atoms with Crippen molar-refractivity contribution in [2.45, 2.75) is 25.5 Å². The number of hydrogen-bond donors (Lipinski definition) is 2. The Bertz CT molecular complexity index is 656. The van der Waals surface area contributed by atoms with Crippen LogP contribution < -0.4 is 5.73 Å². The molecule has 0 aliphatic carbocycles. The molecule has 0 saturated carbocycles. The Hall–Kier alpha value is -1.92. The Morgan fingerprint density at radius 3 is 3.05 bits per heavy atom. The first kappa shape index (κ1) is 14.0. The molecule has 1 aliphatic heterocycles. The quantitative estimate of drug-likeness (QED) is 0.905. The van der Waals surface area contributed by atoms with Gasteiger partial charge in [0.05, 0.1) is 18.3 Å². The maximum absolute atomic E-state index is 12.3. The van der Waals surface area contributed by atoms with E-state index in [0.717, 1.165) is 16.8 Å². The Labute approximate surface area is 127 Å². The van der Waals surface area contributed by atoms with Crippen molar-refractivity contribution in [3.63, 3.8) is 0 Å². The standard InChI is InChI=1S/C15H17N3O2S/c16-15-17-11(9-21-15)5-6-14(20)18-7-10-3-1-2-4-12(10)13(19)8-18/h1-4,9,13,19H,5-8H2,(H2,16,17)/t13-/m1/s1. The van der Waals surface area contributed by atoms with Crippen LogP contribution >= 0.6 is 11.3 Å². The van der Waals surface area contributed by atoms with Crippen molar-refractivity contribution in [2.24, 2.45) is 0 Å². The van der Waals surface area contributed by atoms with E-state index in [-0.39, 0.29) is 5.91 Å². The smallest absolute Gasteiger partial charge is 0.223 e. The largest absolute Gasteiger partial charge is 0.387 e. The number of aliphatic hydroxyl groups is 1. The van der Waals surface area contributed by atoms with Gasteiger partial charge in [-0.25, -0.2) is 4.98 Å². The fourth-order valence-corrected chi connectivity index (χ4v) is 3.20. The van der Waals surface area contributed by atoms with Crippen molar-refractivity contribution in [3.8, 4) is 0 Å². The lowest BCUT2D eigenvalue weighted by atomic mass is 9.97. The third-order valence-corrected chi connectivity index (χ3v) is 4.41. The van der Waals surface area contributed by atoms with E-state index in [4.69, 9.17) is 5.73 Å². The topological polar surface area (TPSA) is 79.5 Å². The zero-order valence-corrected chi connectivity index (χ0v) is 12.3. The number of rotatable bonds is 3. The number of aliphatic hydroxyl groups excluding tert-OH is 1. The summed E-state index contributed by atoms with van der Waals surface area (Å²) in [5.74, 6) is 0.0372. The van der Waals surface area contributed by atoms with Crippen LogP contribution in [0.2, 0.25) is 0 Å².